The van der Waals surface area contributed by atoms with Gasteiger partial charge in [-0.25, -0.2) is 9.18 Å². The Balaban J connectivity index is 1.83. The van der Waals surface area contributed by atoms with Crippen molar-refractivity contribution in [2.45, 2.75) is 25.1 Å². The van der Waals surface area contributed by atoms with Gasteiger partial charge in [0, 0.05) is 26.3 Å². The summed E-state index contributed by atoms with van der Waals surface area (Å²) in [4.78, 5) is 25.4. The molecule has 0 atom stereocenters. The zero-order chi connectivity index (χ0) is 23.9. The molecule has 10 heteroatoms. The summed E-state index contributed by atoms with van der Waals surface area (Å²) in [6, 6.07) is 10.4. The first-order valence-corrected chi connectivity index (χ1v) is 10.2. The van der Waals surface area contributed by atoms with E-state index in [9.17, 15) is 27.9 Å². The molecule has 0 aliphatic carbocycles. The number of fused-ring (bicyclic) bond motifs is 1. The Morgan fingerprint density at radius 3 is 2.36 bits per heavy atom. The van der Waals surface area contributed by atoms with Crippen LogP contribution in [0.1, 0.15) is 34.7 Å². The van der Waals surface area contributed by atoms with Crippen molar-refractivity contribution in [3.05, 3.63) is 69.8 Å². The van der Waals surface area contributed by atoms with E-state index in [0.29, 0.717) is 12.8 Å². The number of alkyl halides is 3. The number of halogens is 4. The number of carboxylic acid groups (broad SMARTS) is 1. The lowest BCUT2D eigenvalue weighted by Gasteiger charge is -2.35. The van der Waals surface area contributed by atoms with Crippen molar-refractivity contribution in [3.8, 4) is 5.75 Å². The van der Waals surface area contributed by atoms with E-state index in [1.807, 2.05) is 30.3 Å². The minimum atomic E-state index is -5.15. The van der Waals surface area contributed by atoms with Crippen LogP contribution in [0.4, 0.5) is 23.2 Å². The van der Waals surface area contributed by atoms with Crippen molar-refractivity contribution in [2.75, 3.05) is 18.0 Å². The lowest BCUT2D eigenvalue weighted by atomic mass is 9.89. The molecule has 1 aliphatic heterocycles. The number of aromatic carboxylic acids is 1. The Hall–Kier alpha value is -3.56. The minimum Gasteiger partial charge on any atom is -0.477 e. The van der Waals surface area contributed by atoms with E-state index in [4.69, 9.17) is 0 Å². The van der Waals surface area contributed by atoms with Gasteiger partial charge in [-0.15, -0.1) is 13.2 Å². The third kappa shape index (κ3) is 4.37. The Morgan fingerprint density at radius 2 is 1.79 bits per heavy atom. The number of aromatic nitrogens is 1. The number of ether oxygens (including phenoxy) is 1. The Morgan fingerprint density at radius 1 is 1.15 bits per heavy atom. The fourth-order valence-corrected chi connectivity index (χ4v) is 4.41. The van der Waals surface area contributed by atoms with Gasteiger partial charge in [0.2, 0.25) is 5.43 Å². The van der Waals surface area contributed by atoms with Crippen LogP contribution in [0.2, 0.25) is 0 Å². The molecule has 0 radical (unpaired) electrons. The second-order valence-electron chi connectivity index (χ2n) is 7.94. The number of hydrogen-bond donors (Lipinski definition) is 1. The fourth-order valence-electron chi connectivity index (χ4n) is 4.41. The Bertz CT molecular complexity index is 1260. The third-order valence-corrected chi connectivity index (χ3v) is 5.88. The molecule has 0 saturated carbocycles. The van der Waals surface area contributed by atoms with Crippen molar-refractivity contribution >= 4 is 22.6 Å². The van der Waals surface area contributed by atoms with E-state index >= 15 is 4.39 Å². The van der Waals surface area contributed by atoms with E-state index in [1.165, 1.54) is 11.9 Å². The smallest absolute Gasteiger partial charge is 0.477 e. The maximum Gasteiger partial charge on any atom is 0.573 e. The molecular weight excluding hydrogens is 444 g/mol. The number of carbonyl (C=O) groups is 1. The number of anilines is 1. The molecule has 0 bridgehead atoms. The summed E-state index contributed by atoms with van der Waals surface area (Å²) in [5, 5.41) is 8.72. The molecule has 1 fully saturated rings. The molecule has 6 nitrogen and oxygen atoms in total. The van der Waals surface area contributed by atoms with E-state index in [1.54, 1.807) is 0 Å². The van der Waals surface area contributed by atoms with Gasteiger partial charge in [0.25, 0.3) is 0 Å². The largest absolute Gasteiger partial charge is 0.573 e. The van der Waals surface area contributed by atoms with E-state index in [0.717, 1.165) is 22.4 Å². The van der Waals surface area contributed by atoms with Gasteiger partial charge < -0.3 is 19.3 Å². The summed E-state index contributed by atoms with van der Waals surface area (Å²) in [6.45, 7) is 0.550. The second kappa shape index (κ2) is 8.42. The monoisotopic (exact) mass is 464 g/mol. The fraction of sp³-hybridized carbons (Fsp3) is 0.304. The van der Waals surface area contributed by atoms with E-state index in [-0.39, 0.29) is 24.5 Å². The van der Waals surface area contributed by atoms with Gasteiger partial charge in [0.1, 0.15) is 11.3 Å². The number of aryl methyl sites for hydroxylation is 1. The number of pyridine rings is 1. The van der Waals surface area contributed by atoms with Crippen LogP contribution in [0.15, 0.2) is 47.4 Å². The number of benzene rings is 2. The topological polar surface area (TPSA) is 71.8 Å². The predicted octanol–water partition coefficient (Wildman–Crippen LogP) is 4.66. The van der Waals surface area contributed by atoms with Crippen LogP contribution in [-0.2, 0) is 7.05 Å². The quantitative estimate of drug-likeness (QED) is 0.569. The van der Waals surface area contributed by atoms with Gasteiger partial charge >= 0.3 is 12.3 Å². The standard InChI is InChI=1S/C23H20F4N2O4/c1-28-12-16(22(31)32)20(30)15-11-17(24)19(21(18(15)28)33-23(25,26)27)29-9-7-14(8-10-29)13-5-3-2-4-6-13/h2-6,11-12,14H,7-10H2,1H3,(H,31,32). The number of carboxylic acids is 1. The average Bonchev–Trinajstić information content (AvgIpc) is 2.75. The molecule has 4 rings (SSSR count). The average molecular weight is 464 g/mol. The molecule has 0 amide bonds. The van der Waals surface area contributed by atoms with Crippen molar-refractivity contribution < 1.29 is 32.2 Å². The minimum absolute atomic E-state index is 0.181. The van der Waals surface area contributed by atoms with Crippen LogP contribution in [-0.4, -0.2) is 35.1 Å². The van der Waals surface area contributed by atoms with Crippen molar-refractivity contribution in [3.63, 3.8) is 0 Å². The van der Waals surface area contributed by atoms with Crippen LogP contribution in [0.25, 0.3) is 10.9 Å². The summed E-state index contributed by atoms with van der Waals surface area (Å²) in [6.07, 6.45) is -3.08. The zero-order valence-electron chi connectivity index (χ0n) is 17.5. The van der Waals surface area contributed by atoms with Gasteiger partial charge in [-0.3, -0.25) is 4.79 Å². The maximum atomic E-state index is 15.2. The molecule has 2 aromatic carbocycles. The van der Waals surface area contributed by atoms with Gasteiger partial charge in [-0.1, -0.05) is 30.3 Å². The molecule has 1 aromatic heterocycles. The molecule has 0 unspecified atom stereocenters. The van der Waals surface area contributed by atoms with Crippen LogP contribution < -0.4 is 15.1 Å². The normalized spacial score (nSPS) is 15.1. The summed E-state index contributed by atoms with van der Waals surface area (Å²) in [7, 11) is 1.28. The molecule has 174 valence electrons. The number of piperidine rings is 1. The molecule has 2 heterocycles. The van der Waals surface area contributed by atoms with Crippen LogP contribution in [0.5, 0.6) is 5.75 Å². The third-order valence-electron chi connectivity index (χ3n) is 5.88. The van der Waals surface area contributed by atoms with Crippen LogP contribution in [0, 0.1) is 5.82 Å². The van der Waals surface area contributed by atoms with Gasteiger partial charge in [-0.05, 0) is 30.4 Å². The zero-order valence-corrected chi connectivity index (χ0v) is 17.5. The first-order valence-electron chi connectivity index (χ1n) is 10.2. The highest BCUT2D eigenvalue weighted by molar-refractivity contribution is 5.97. The van der Waals surface area contributed by atoms with Crippen molar-refractivity contribution in [2.24, 2.45) is 7.05 Å². The van der Waals surface area contributed by atoms with E-state index < -0.39 is 46.0 Å². The lowest BCUT2D eigenvalue weighted by molar-refractivity contribution is -0.274. The summed E-state index contributed by atoms with van der Waals surface area (Å²) in [5.74, 6) is -3.32. The highest BCUT2D eigenvalue weighted by Gasteiger charge is 2.37. The molecule has 33 heavy (non-hydrogen) atoms. The predicted molar refractivity (Wildman–Crippen MR) is 113 cm³/mol. The number of rotatable bonds is 4. The summed E-state index contributed by atoms with van der Waals surface area (Å²) in [5.41, 5.74) is -1.39. The highest BCUT2D eigenvalue weighted by atomic mass is 19.4. The van der Waals surface area contributed by atoms with Gasteiger partial charge in [-0.2, -0.15) is 0 Å². The van der Waals surface area contributed by atoms with Crippen LogP contribution in [0.3, 0.4) is 0 Å². The molecule has 1 N–H and O–H groups in total. The van der Waals surface area contributed by atoms with Gasteiger partial charge in [0.15, 0.2) is 11.6 Å². The summed E-state index contributed by atoms with van der Waals surface area (Å²) < 4.78 is 60.5. The lowest BCUT2D eigenvalue weighted by Crippen LogP contribution is -2.34. The Kier molecular flexibility index (Phi) is 5.77. The highest BCUT2D eigenvalue weighted by Crippen LogP contribution is 2.43. The number of hydrogen-bond acceptors (Lipinski definition) is 4. The first kappa shape index (κ1) is 22.6. The molecule has 0 spiro atoms. The van der Waals surface area contributed by atoms with Crippen molar-refractivity contribution in [1.82, 2.24) is 4.57 Å². The van der Waals surface area contributed by atoms with E-state index in [2.05, 4.69) is 4.74 Å². The SMILES string of the molecule is Cn1cc(C(=O)O)c(=O)c2cc(F)c(N3CCC(c4ccccc4)CC3)c(OC(F)(F)F)c21. The molecule has 1 aliphatic rings. The maximum absolute atomic E-state index is 15.2. The second-order valence-corrected chi connectivity index (χ2v) is 7.94. The molecule has 3 aromatic rings. The van der Waals surface area contributed by atoms with Gasteiger partial charge in [0.05, 0.1) is 10.9 Å². The van der Waals surface area contributed by atoms with Crippen molar-refractivity contribution in [1.29, 1.82) is 0 Å². The first-order chi connectivity index (χ1) is 15.6. The molecular formula is C23H20F4N2O4. The number of nitrogens with zero attached hydrogens (tertiary/aromatic N) is 2. The Labute approximate surface area is 185 Å². The molecule has 1 saturated heterocycles. The summed E-state index contributed by atoms with van der Waals surface area (Å²) >= 11 is 0. The van der Waals surface area contributed by atoms with Crippen LogP contribution >= 0.6 is 0 Å².